The molecule has 28 heavy (non-hydrogen) atoms. The number of H-pyrrole nitrogens is 1. The van der Waals surface area contributed by atoms with Crippen LogP contribution in [-0.2, 0) is 17.5 Å². The summed E-state index contributed by atoms with van der Waals surface area (Å²) in [4.78, 5) is 19.0. The van der Waals surface area contributed by atoms with Gasteiger partial charge in [0, 0.05) is 30.3 Å². The molecule has 10 heteroatoms. The third kappa shape index (κ3) is 4.18. The number of alkyl halides is 3. The molecule has 0 saturated carbocycles. The molecule has 148 valence electrons. The molecule has 1 aromatic carbocycles. The molecule has 2 heterocycles. The van der Waals surface area contributed by atoms with Crippen molar-refractivity contribution in [3.8, 4) is 11.3 Å². The molecule has 0 saturated heterocycles. The number of ether oxygens (including phenoxy) is 1. The fourth-order valence-electron chi connectivity index (χ4n) is 2.84. The van der Waals surface area contributed by atoms with E-state index in [4.69, 9.17) is 17.0 Å². The predicted octanol–water partition coefficient (Wildman–Crippen LogP) is 4.94. The summed E-state index contributed by atoms with van der Waals surface area (Å²) in [6.07, 6.45) is -4.23. The van der Waals surface area contributed by atoms with Crippen LogP contribution in [0.1, 0.15) is 12.0 Å². The van der Waals surface area contributed by atoms with E-state index in [2.05, 4.69) is 25.9 Å². The van der Waals surface area contributed by atoms with Gasteiger partial charge in [-0.1, -0.05) is 28.1 Å². The van der Waals surface area contributed by atoms with Crippen molar-refractivity contribution in [3.05, 3.63) is 55.5 Å². The van der Waals surface area contributed by atoms with E-state index in [1.165, 1.54) is 11.7 Å². The van der Waals surface area contributed by atoms with Gasteiger partial charge in [0.25, 0.3) is 5.56 Å². The minimum absolute atomic E-state index is 0.0159. The van der Waals surface area contributed by atoms with Crippen LogP contribution in [0.5, 0.6) is 0 Å². The van der Waals surface area contributed by atoms with E-state index in [1.54, 1.807) is 24.3 Å². The Balaban J connectivity index is 2.35. The smallest absolute Gasteiger partial charge is 0.385 e. The van der Waals surface area contributed by atoms with E-state index in [9.17, 15) is 18.0 Å². The van der Waals surface area contributed by atoms with Crippen LogP contribution in [0.15, 0.2) is 39.6 Å². The summed E-state index contributed by atoms with van der Waals surface area (Å²) in [6, 6.07) is 7.60. The van der Waals surface area contributed by atoms with Crippen LogP contribution in [0.4, 0.5) is 13.2 Å². The average molecular weight is 474 g/mol. The van der Waals surface area contributed by atoms with E-state index in [0.29, 0.717) is 18.6 Å². The van der Waals surface area contributed by atoms with Crippen molar-refractivity contribution < 1.29 is 17.9 Å². The Hall–Kier alpha value is -2.04. The fraction of sp³-hybridized carbons (Fsp3) is 0.278. The molecule has 0 bridgehead atoms. The Morgan fingerprint density at radius 3 is 2.57 bits per heavy atom. The molecule has 0 aliphatic rings. The molecular weight excluding hydrogens is 459 g/mol. The lowest BCUT2D eigenvalue weighted by Gasteiger charge is -2.16. The third-order valence-corrected chi connectivity index (χ3v) is 4.98. The highest BCUT2D eigenvalue weighted by molar-refractivity contribution is 9.10. The number of aromatic amines is 1. The zero-order chi connectivity index (χ0) is 20.5. The van der Waals surface area contributed by atoms with Crippen molar-refractivity contribution >= 4 is 39.2 Å². The van der Waals surface area contributed by atoms with Crippen LogP contribution < -0.4 is 5.56 Å². The van der Waals surface area contributed by atoms with Crippen LogP contribution in [0.3, 0.4) is 0 Å². The molecular formula is C18H15BrF3N3O2S. The number of halogens is 4. The van der Waals surface area contributed by atoms with Gasteiger partial charge in [-0.05, 0) is 36.8 Å². The molecule has 0 unspecified atom stereocenters. The number of rotatable bonds is 5. The SMILES string of the molecule is COCCCn1c(=S)[nH]c(=O)c2c(C(F)(F)F)cc(-c3ccc(Br)cc3)nc21. The van der Waals surface area contributed by atoms with Gasteiger partial charge in [-0.3, -0.25) is 9.78 Å². The van der Waals surface area contributed by atoms with E-state index < -0.39 is 22.7 Å². The Kier molecular flexibility index (Phi) is 6.01. The van der Waals surface area contributed by atoms with E-state index in [0.717, 1.165) is 10.5 Å². The van der Waals surface area contributed by atoms with E-state index >= 15 is 0 Å². The summed E-state index contributed by atoms with van der Waals surface area (Å²) >= 11 is 8.46. The molecule has 0 fully saturated rings. The molecule has 3 aromatic rings. The van der Waals surface area contributed by atoms with Gasteiger partial charge >= 0.3 is 6.18 Å². The van der Waals surface area contributed by atoms with Gasteiger partial charge < -0.3 is 9.30 Å². The number of methoxy groups -OCH3 is 1. The van der Waals surface area contributed by atoms with Crippen LogP contribution >= 0.6 is 28.1 Å². The molecule has 0 aliphatic heterocycles. The molecule has 0 atom stereocenters. The maximum Gasteiger partial charge on any atom is 0.417 e. The van der Waals surface area contributed by atoms with Crippen molar-refractivity contribution in [2.24, 2.45) is 0 Å². The van der Waals surface area contributed by atoms with Gasteiger partial charge in [-0.2, -0.15) is 13.2 Å². The van der Waals surface area contributed by atoms with Gasteiger partial charge in [-0.15, -0.1) is 0 Å². The molecule has 0 amide bonds. The monoisotopic (exact) mass is 473 g/mol. The number of hydrogen-bond donors (Lipinski definition) is 1. The van der Waals surface area contributed by atoms with E-state index in [-0.39, 0.29) is 22.7 Å². The average Bonchev–Trinajstić information content (AvgIpc) is 2.63. The van der Waals surface area contributed by atoms with Crippen molar-refractivity contribution in [2.75, 3.05) is 13.7 Å². The first-order chi connectivity index (χ1) is 13.2. The van der Waals surface area contributed by atoms with Gasteiger partial charge in [0.2, 0.25) is 0 Å². The van der Waals surface area contributed by atoms with Crippen LogP contribution in [-0.4, -0.2) is 28.3 Å². The number of nitrogens with one attached hydrogen (secondary N) is 1. The molecule has 3 rings (SSSR count). The zero-order valence-electron chi connectivity index (χ0n) is 14.6. The third-order valence-electron chi connectivity index (χ3n) is 4.12. The lowest BCUT2D eigenvalue weighted by molar-refractivity contribution is -0.136. The Morgan fingerprint density at radius 1 is 1.29 bits per heavy atom. The first-order valence-electron chi connectivity index (χ1n) is 8.22. The molecule has 2 aromatic heterocycles. The number of aromatic nitrogens is 3. The lowest BCUT2D eigenvalue weighted by Crippen LogP contribution is -2.21. The number of fused-ring (bicyclic) bond motifs is 1. The Labute approximate surface area is 171 Å². The van der Waals surface area contributed by atoms with Crippen molar-refractivity contribution in [1.82, 2.24) is 14.5 Å². The highest BCUT2D eigenvalue weighted by Crippen LogP contribution is 2.35. The number of nitrogens with zero attached hydrogens (tertiary/aromatic N) is 2. The second-order valence-electron chi connectivity index (χ2n) is 6.02. The summed E-state index contributed by atoms with van der Waals surface area (Å²) in [5.74, 6) is 0. The maximum atomic E-state index is 13.8. The summed E-state index contributed by atoms with van der Waals surface area (Å²) in [6.45, 7) is 0.648. The van der Waals surface area contributed by atoms with Gasteiger partial charge in [0.1, 0.15) is 5.65 Å². The van der Waals surface area contributed by atoms with Crippen molar-refractivity contribution in [1.29, 1.82) is 0 Å². The zero-order valence-corrected chi connectivity index (χ0v) is 17.0. The summed E-state index contributed by atoms with van der Waals surface area (Å²) in [5, 5.41) is -0.528. The number of benzene rings is 1. The molecule has 0 spiro atoms. The Bertz CT molecular complexity index is 1120. The molecule has 1 N–H and O–H groups in total. The minimum Gasteiger partial charge on any atom is -0.385 e. The maximum absolute atomic E-state index is 13.8. The molecule has 0 radical (unpaired) electrons. The summed E-state index contributed by atoms with van der Waals surface area (Å²) in [7, 11) is 1.52. The minimum atomic E-state index is -4.73. The summed E-state index contributed by atoms with van der Waals surface area (Å²) < 4.78 is 48.5. The molecule has 5 nitrogen and oxygen atoms in total. The van der Waals surface area contributed by atoms with Crippen LogP contribution in [0, 0.1) is 4.77 Å². The normalized spacial score (nSPS) is 11.9. The second kappa shape index (κ2) is 8.14. The highest BCUT2D eigenvalue weighted by Gasteiger charge is 2.35. The largest absolute Gasteiger partial charge is 0.417 e. The fourth-order valence-corrected chi connectivity index (χ4v) is 3.38. The predicted molar refractivity (Wildman–Crippen MR) is 106 cm³/mol. The Morgan fingerprint density at radius 2 is 1.96 bits per heavy atom. The van der Waals surface area contributed by atoms with Crippen molar-refractivity contribution in [2.45, 2.75) is 19.1 Å². The second-order valence-corrected chi connectivity index (χ2v) is 7.32. The number of aryl methyl sites for hydroxylation is 1. The number of hydrogen-bond acceptors (Lipinski definition) is 4. The number of pyridine rings is 1. The van der Waals surface area contributed by atoms with Gasteiger partial charge in [0.15, 0.2) is 4.77 Å². The van der Waals surface area contributed by atoms with Crippen LogP contribution in [0.2, 0.25) is 0 Å². The first-order valence-corrected chi connectivity index (χ1v) is 9.42. The van der Waals surface area contributed by atoms with Gasteiger partial charge in [-0.25, -0.2) is 4.98 Å². The van der Waals surface area contributed by atoms with Crippen LogP contribution in [0.25, 0.3) is 22.3 Å². The highest BCUT2D eigenvalue weighted by atomic mass is 79.9. The lowest BCUT2D eigenvalue weighted by atomic mass is 10.1. The van der Waals surface area contributed by atoms with Crippen molar-refractivity contribution in [3.63, 3.8) is 0 Å². The van der Waals surface area contributed by atoms with Gasteiger partial charge in [0.05, 0.1) is 16.6 Å². The molecule has 0 aliphatic carbocycles. The standard InChI is InChI=1S/C18H15BrF3N3O2S/c1-27-8-2-7-25-15-14(16(26)24-17(25)28)12(18(20,21)22)9-13(23-15)10-3-5-11(19)6-4-10/h3-6,9H,2,7-8H2,1H3,(H,24,26,28). The first kappa shape index (κ1) is 20.7. The summed E-state index contributed by atoms with van der Waals surface area (Å²) in [5.41, 5.74) is -1.46. The topological polar surface area (TPSA) is 59.9 Å². The quantitative estimate of drug-likeness (QED) is 0.421. The van der Waals surface area contributed by atoms with E-state index in [1.807, 2.05) is 0 Å².